The first kappa shape index (κ1) is 12.4. The molecule has 0 fully saturated rings. The second-order valence-corrected chi connectivity index (χ2v) is 4.80. The maximum atomic E-state index is 12.4. The third kappa shape index (κ3) is 2.16. The minimum atomic E-state index is -0.143. The Morgan fingerprint density at radius 3 is 2.75 bits per heavy atom. The molecule has 4 heteroatoms. The largest absolute Gasteiger partial charge is 0.322 e. The molecular weight excluding hydrogens is 250 g/mol. The molecule has 100 valence electrons. The van der Waals surface area contributed by atoms with Gasteiger partial charge in [0, 0.05) is 18.1 Å². The number of pyridine rings is 1. The van der Waals surface area contributed by atoms with Gasteiger partial charge in [-0.25, -0.2) is 4.98 Å². The third-order valence-electron chi connectivity index (χ3n) is 3.24. The van der Waals surface area contributed by atoms with Crippen LogP contribution in [0.15, 0.2) is 48.8 Å². The van der Waals surface area contributed by atoms with Crippen LogP contribution in [0.4, 0.5) is 5.69 Å². The normalized spacial score (nSPS) is 10.7. The van der Waals surface area contributed by atoms with Crippen LogP contribution in [0.3, 0.4) is 0 Å². The minimum absolute atomic E-state index is 0.143. The summed E-state index contributed by atoms with van der Waals surface area (Å²) in [5.74, 6) is -0.143. The maximum absolute atomic E-state index is 12.4. The van der Waals surface area contributed by atoms with Crippen molar-refractivity contribution in [2.75, 3.05) is 5.32 Å². The van der Waals surface area contributed by atoms with Gasteiger partial charge in [-0.05, 0) is 37.6 Å². The Hall–Kier alpha value is -2.62. The standard InChI is InChI=1S/C16H15N3O/c1-11-6-3-4-8-14(11)18-16(20)13-7-5-9-19-10-12(2)17-15(13)19/h3-10H,1-2H3,(H,18,20). The molecule has 0 saturated carbocycles. The summed E-state index contributed by atoms with van der Waals surface area (Å²) in [5, 5.41) is 2.94. The highest BCUT2D eigenvalue weighted by atomic mass is 16.1. The van der Waals surface area contributed by atoms with Crippen molar-refractivity contribution in [3.63, 3.8) is 0 Å². The third-order valence-corrected chi connectivity index (χ3v) is 3.24. The Morgan fingerprint density at radius 1 is 1.15 bits per heavy atom. The Labute approximate surface area is 117 Å². The first-order valence-corrected chi connectivity index (χ1v) is 6.46. The molecule has 0 saturated heterocycles. The molecule has 0 aliphatic rings. The average Bonchev–Trinajstić information content (AvgIpc) is 2.81. The topological polar surface area (TPSA) is 46.4 Å². The Balaban J connectivity index is 1.99. The molecule has 1 N–H and O–H groups in total. The van der Waals surface area contributed by atoms with Gasteiger partial charge in [-0.1, -0.05) is 18.2 Å². The number of rotatable bonds is 2. The van der Waals surface area contributed by atoms with Gasteiger partial charge in [-0.3, -0.25) is 4.79 Å². The number of carbonyl (C=O) groups excluding carboxylic acids is 1. The molecule has 0 aliphatic carbocycles. The summed E-state index contributed by atoms with van der Waals surface area (Å²) in [6.45, 7) is 3.88. The molecule has 1 aromatic carbocycles. The number of imidazole rings is 1. The van der Waals surface area contributed by atoms with Crippen molar-refractivity contribution in [2.45, 2.75) is 13.8 Å². The molecule has 0 atom stereocenters. The lowest BCUT2D eigenvalue weighted by Gasteiger charge is -2.08. The predicted octanol–water partition coefficient (Wildman–Crippen LogP) is 3.20. The van der Waals surface area contributed by atoms with Crippen molar-refractivity contribution in [3.05, 3.63) is 65.6 Å². The molecule has 4 nitrogen and oxygen atoms in total. The summed E-state index contributed by atoms with van der Waals surface area (Å²) < 4.78 is 1.86. The molecule has 2 heterocycles. The van der Waals surface area contributed by atoms with E-state index in [2.05, 4.69) is 10.3 Å². The van der Waals surface area contributed by atoms with Crippen LogP contribution in [-0.2, 0) is 0 Å². The number of amides is 1. The van der Waals surface area contributed by atoms with E-state index in [4.69, 9.17) is 0 Å². The number of hydrogen-bond acceptors (Lipinski definition) is 2. The molecule has 0 spiro atoms. The Kier molecular flexibility index (Phi) is 2.99. The number of nitrogens with zero attached hydrogens (tertiary/aromatic N) is 2. The molecule has 0 bridgehead atoms. The van der Waals surface area contributed by atoms with Crippen LogP contribution in [0.5, 0.6) is 0 Å². The molecule has 3 rings (SSSR count). The van der Waals surface area contributed by atoms with E-state index in [-0.39, 0.29) is 5.91 Å². The summed E-state index contributed by atoms with van der Waals surface area (Å²) in [6.07, 6.45) is 3.79. The number of nitrogens with one attached hydrogen (secondary N) is 1. The van der Waals surface area contributed by atoms with Gasteiger partial charge in [0.15, 0.2) is 0 Å². The smallest absolute Gasteiger partial charge is 0.259 e. The highest BCUT2D eigenvalue weighted by Crippen LogP contribution is 2.17. The molecular formula is C16H15N3O. The van der Waals surface area contributed by atoms with Crippen LogP contribution in [-0.4, -0.2) is 15.3 Å². The highest BCUT2D eigenvalue weighted by Gasteiger charge is 2.13. The zero-order valence-electron chi connectivity index (χ0n) is 11.4. The Bertz CT molecular complexity index is 789. The summed E-state index contributed by atoms with van der Waals surface area (Å²) >= 11 is 0. The van der Waals surface area contributed by atoms with Crippen molar-refractivity contribution in [1.82, 2.24) is 9.38 Å². The number of aryl methyl sites for hydroxylation is 2. The van der Waals surface area contributed by atoms with Crippen molar-refractivity contribution in [2.24, 2.45) is 0 Å². The van der Waals surface area contributed by atoms with Crippen LogP contribution >= 0.6 is 0 Å². The molecule has 20 heavy (non-hydrogen) atoms. The Morgan fingerprint density at radius 2 is 1.95 bits per heavy atom. The molecule has 0 unspecified atom stereocenters. The number of carbonyl (C=O) groups is 1. The average molecular weight is 265 g/mol. The van der Waals surface area contributed by atoms with Gasteiger partial charge in [0.25, 0.3) is 5.91 Å². The SMILES string of the molecule is Cc1cn2cccc(C(=O)Nc3ccccc3C)c2n1. The molecule has 2 aromatic heterocycles. The van der Waals surface area contributed by atoms with E-state index in [1.54, 1.807) is 6.07 Å². The summed E-state index contributed by atoms with van der Waals surface area (Å²) in [6, 6.07) is 11.4. The van der Waals surface area contributed by atoms with Gasteiger partial charge >= 0.3 is 0 Å². The van der Waals surface area contributed by atoms with Crippen LogP contribution in [0.1, 0.15) is 21.6 Å². The maximum Gasteiger partial charge on any atom is 0.259 e. The summed E-state index contributed by atoms with van der Waals surface area (Å²) in [5.41, 5.74) is 4.00. The van der Waals surface area contributed by atoms with Crippen molar-refractivity contribution < 1.29 is 4.79 Å². The van der Waals surface area contributed by atoms with E-state index < -0.39 is 0 Å². The van der Waals surface area contributed by atoms with E-state index in [1.165, 1.54) is 0 Å². The lowest BCUT2D eigenvalue weighted by molar-refractivity contribution is 0.102. The zero-order valence-corrected chi connectivity index (χ0v) is 11.4. The van der Waals surface area contributed by atoms with E-state index in [1.807, 2.05) is 61.0 Å². The lowest BCUT2D eigenvalue weighted by Crippen LogP contribution is -2.14. The van der Waals surface area contributed by atoms with Gasteiger partial charge in [0.1, 0.15) is 5.65 Å². The minimum Gasteiger partial charge on any atom is -0.322 e. The fourth-order valence-electron chi connectivity index (χ4n) is 2.22. The van der Waals surface area contributed by atoms with E-state index in [0.29, 0.717) is 11.2 Å². The van der Waals surface area contributed by atoms with Gasteiger partial charge < -0.3 is 9.72 Å². The van der Waals surface area contributed by atoms with Gasteiger partial charge in [0.2, 0.25) is 0 Å². The number of anilines is 1. The first-order chi connectivity index (χ1) is 9.65. The number of hydrogen-bond donors (Lipinski definition) is 1. The van der Waals surface area contributed by atoms with Crippen molar-refractivity contribution in [3.8, 4) is 0 Å². The summed E-state index contributed by atoms with van der Waals surface area (Å²) in [4.78, 5) is 16.8. The van der Waals surface area contributed by atoms with Crippen LogP contribution in [0, 0.1) is 13.8 Å². The van der Waals surface area contributed by atoms with E-state index in [0.717, 1.165) is 16.9 Å². The molecule has 3 aromatic rings. The van der Waals surface area contributed by atoms with Gasteiger partial charge in [-0.15, -0.1) is 0 Å². The van der Waals surface area contributed by atoms with Gasteiger partial charge in [-0.2, -0.15) is 0 Å². The fourth-order valence-corrected chi connectivity index (χ4v) is 2.22. The second-order valence-electron chi connectivity index (χ2n) is 4.80. The van der Waals surface area contributed by atoms with Crippen LogP contribution in [0.25, 0.3) is 5.65 Å². The van der Waals surface area contributed by atoms with Crippen molar-refractivity contribution in [1.29, 1.82) is 0 Å². The number of benzene rings is 1. The predicted molar refractivity (Wildman–Crippen MR) is 79.1 cm³/mol. The number of fused-ring (bicyclic) bond motifs is 1. The molecule has 0 radical (unpaired) electrons. The summed E-state index contributed by atoms with van der Waals surface area (Å²) in [7, 11) is 0. The quantitative estimate of drug-likeness (QED) is 0.773. The number of para-hydroxylation sites is 1. The lowest BCUT2D eigenvalue weighted by atomic mass is 10.2. The first-order valence-electron chi connectivity index (χ1n) is 6.46. The van der Waals surface area contributed by atoms with Crippen LogP contribution < -0.4 is 5.32 Å². The van der Waals surface area contributed by atoms with E-state index >= 15 is 0 Å². The fraction of sp³-hybridized carbons (Fsp3) is 0.125. The highest BCUT2D eigenvalue weighted by molar-refractivity contribution is 6.08. The molecule has 0 aliphatic heterocycles. The van der Waals surface area contributed by atoms with Crippen LogP contribution in [0.2, 0.25) is 0 Å². The monoisotopic (exact) mass is 265 g/mol. The van der Waals surface area contributed by atoms with E-state index in [9.17, 15) is 4.79 Å². The zero-order chi connectivity index (χ0) is 14.1. The molecule has 1 amide bonds. The second kappa shape index (κ2) is 4.81. The van der Waals surface area contributed by atoms with Gasteiger partial charge in [0.05, 0.1) is 11.3 Å². The number of aromatic nitrogens is 2. The van der Waals surface area contributed by atoms with Crippen molar-refractivity contribution >= 4 is 17.2 Å².